The first-order chi connectivity index (χ1) is 9.21. The van der Waals surface area contributed by atoms with E-state index in [0.29, 0.717) is 17.8 Å². The van der Waals surface area contributed by atoms with Crippen molar-refractivity contribution in [3.63, 3.8) is 0 Å². The SMILES string of the molecule is CCCc1ccc(Oc2cc(F)cc(C=O)c2)cc1. The Balaban J connectivity index is 2.16. The van der Waals surface area contributed by atoms with E-state index in [-0.39, 0.29) is 5.56 Å². The highest BCUT2D eigenvalue weighted by Crippen LogP contribution is 2.23. The molecular weight excluding hydrogens is 243 g/mol. The maximum Gasteiger partial charge on any atom is 0.150 e. The fourth-order valence-electron chi connectivity index (χ4n) is 1.86. The summed E-state index contributed by atoms with van der Waals surface area (Å²) < 4.78 is 18.8. The summed E-state index contributed by atoms with van der Waals surface area (Å²) in [6.45, 7) is 2.12. The summed E-state index contributed by atoms with van der Waals surface area (Å²) >= 11 is 0. The molecule has 0 N–H and O–H groups in total. The second kappa shape index (κ2) is 6.14. The Morgan fingerprint density at radius 1 is 1.11 bits per heavy atom. The molecule has 0 saturated carbocycles. The molecule has 3 heteroatoms. The molecule has 0 unspecified atom stereocenters. The highest BCUT2D eigenvalue weighted by molar-refractivity contribution is 5.75. The highest BCUT2D eigenvalue weighted by Gasteiger charge is 2.03. The summed E-state index contributed by atoms with van der Waals surface area (Å²) in [5, 5.41) is 0. The van der Waals surface area contributed by atoms with E-state index >= 15 is 0 Å². The third-order valence-electron chi connectivity index (χ3n) is 2.73. The normalized spacial score (nSPS) is 10.2. The largest absolute Gasteiger partial charge is 0.457 e. The fourth-order valence-corrected chi connectivity index (χ4v) is 1.86. The van der Waals surface area contributed by atoms with Gasteiger partial charge in [0.15, 0.2) is 0 Å². The number of aryl methyl sites for hydroxylation is 1. The average Bonchev–Trinajstić information content (AvgIpc) is 2.40. The molecule has 0 aliphatic carbocycles. The minimum Gasteiger partial charge on any atom is -0.457 e. The average molecular weight is 258 g/mol. The van der Waals surface area contributed by atoms with Gasteiger partial charge in [0, 0.05) is 11.6 Å². The first-order valence-corrected chi connectivity index (χ1v) is 6.24. The van der Waals surface area contributed by atoms with Crippen molar-refractivity contribution < 1.29 is 13.9 Å². The van der Waals surface area contributed by atoms with E-state index in [1.807, 2.05) is 24.3 Å². The van der Waals surface area contributed by atoms with Crippen molar-refractivity contribution in [2.24, 2.45) is 0 Å². The van der Waals surface area contributed by atoms with Crippen LogP contribution in [0.25, 0.3) is 0 Å². The van der Waals surface area contributed by atoms with Crippen molar-refractivity contribution in [1.82, 2.24) is 0 Å². The number of rotatable bonds is 5. The van der Waals surface area contributed by atoms with Crippen LogP contribution in [0.4, 0.5) is 4.39 Å². The van der Waals surface area contributed by atoms with E-state index in [0.717, 1.165) is 12.8 Å². The van der Waals surface area contributed by atoms with Crippen LogP contribution >= 0.6 is 0 Å². The van der Waals surface area contributed by atoms with Crippen LogP contribution < -0.4 is 4.74 Å². The van der Waals surface area contributed by atoms with Gasteiger partial charge in [0.25, 0.3) is 0 Å². The summed E-state index contributed by atoms with van der Waals surface area (Å²) in [5.74, 6) is 0.467. The van der Waals surface area contributed by atoms with Crippen LogP contribution in [-0.4, -0.2) is 6.29 Å². The van der Waals surface area contributed by atoms with Crippen molar-refractivity contribution >= 4 is 6.29 Å². The lowest BCUT2D eigenvalue weighted by molar-refractivity contribution is 0.112. The number of carbonyl (C=O) groups is 1. The molecule has 0 aromatic heterocycles. The topological polar surface area (TPSA) is 26.3 Å². The molecule has 0 heterocycles. The second-order valence-electron chi connectivity index (χ2n) is 4.33. The van der Waals surface area contributed by atoms with Gasteiger partial charge in [-0.05, 0) is 36.2 Å². The number of hydrogen-bond donors (Lipinski definition) is 0. The van der Waals surface area contributed by atoms with E-state index in [2.05, 4.69) is 6.92 Å². The van der Waals surface area contributed by atoms with Gasteiger partial charge in [-0.2, -0.15) is 0 Å². The zero-order valence-electron chi connectivity index (χ0n) is 10.7. The van der Waals surface area contributed by atoms with Gasteiger partial charge in [0.1, 0.15) is 23.6 Å². The van der Waals surface area contributed by atoms with Crippen LogP contribution in [-0.2, 0) is 6.42 Å². The molecule has 0 radical (unpaired) electrons. The van der Waals surface area contributed by atoms with Gasteiger partial charge in [-0.15, -0.1) is 0 Å². The lowest BCUT2D eigenvalue weighted by atomic mass is 10.1. The monoisotopic (exact) mass is 258 g/mol. The number of halogens is 1. The summed E-state index contributed by atoms with van der Waals surface area (Å²) in [6, 6.07) is 11.6. The summed E-state index contributed by atoms with van der Waals surface area (Å²) in [6.07, 6.45) is 2.71. The first-order valence-electron chi connectivity index (χ1n) is 6.24. The molecule has 0 fully saturated rings. The smallest absolute Gasteiger partial charge is 0.150 e. The quantitative estimate of drug-likeness (QED) is 0.744. The Bertz CT molecular complexity index is 561. The van der Waals surface area contributed by atoms with Crippen LogP contribution in [0, 0.1) is 5.82 Å². The van der Waals surface area contributed by atoms with Gasteiger partial charge < -0.3 is 4.74 Å². The minimum atomic E-state index is -0.484. The Labute approximate surface area is 111 Å². The summed E-state index contributed by atoms with van der Waals surface area (Å²) in [7, 11) is 0. The number of benzene rings is 2. The van der Waals surface area contributed by atoms with E-state index < -0.39 is 5.82 Å². The predicted octanol–water partition coefficient (Wildman–Crippen LogP) is 4.38. The van der Waals surface area contributed by atoms with Crippen LogP contribution in [0.2, 0.25) is 0 Å². The van der Waals surface area contributed by atoms with Crippen LogP contribution in [0.3, 0.4) is 0 Å². The van der Waals surface area contributed by atoms with E-state index in [1.54, 1.807) is 0 Å². The van der Waals surface area contributed by atoms with Gasteiger partial charge in [0.2, 0.25) is 0 Å². The Morgan fingerprint density at radius 2 is 1.84 bits per heavy atom. The Morgan fingerprint density at radius 3 is 2.47 bits per heavy atom. The van der Waals surface area contributed by atoms with Gasteiger partial charge in [0.05, 0.1) is 0 Å². The molecule has 0 amide bonds. The molecule has 0 saturated heterocycles. The van der Waals surface area contributed by atoms with Crippen molar-refractivity contribution in [1.29, 1.82) is 0 Å². The third kappa shape index (κ3) is 3.65. The van der Waals surface area contributed by atoms with Gasteiger partial charge in [-0.25, -0.2) is 4.39 Å². The molecule has 2 aromatic rings. The van der Waals surface area contributed by atoms with Gasteiger partial charge >= 0.3 is 0 Å². The van der Waals surface area contributed by atoms with Crippen molar-refractivity contribution in [3.8, 4) is 11.5 Å². The zero-order chi connectivity index (χ0) is 13.7. The third-order valence-corrected chi connectivity index (χ3v) is 2.73. The Kier molecular flexibility index (Phi) is 4.29. The highest BCUT2D eigenvalue weighted by atomic mass is 19.1. The molecule has 0 aliphatic rings. The molecule has 0 aliphatic heterocycles. The van der Waals surface area contributed by atoms with Crippen molar-refractivity contribution in [2.45, 2.75) is 19.8 Å². The molecule has 0 atom stereocenters. The van der Waals surface area contributed by atoms with Gasteiger partial charge in [-0.3, -0.25) is 4.79 Å². The van der Waals surface area contributed by atoms with E-state index in [9.17, 15) is 9.18 Å². The molecule has 0 spiro atoms. The molecule has 2 aromatic carbocycles. The lowest BCUT2D eigenvalue weighted by Gasteiger charge is -2.07. The molecule has 19 heavy (non-hydrogen) atoms. The standard InChI is InChI=1S/C16H15FO2/c1-2-3-12-4-6-15(7-5-12)19-16-9-13(11-18)8-14(17)10-16/h4-11H,2-3H2,1H3. The number of carbonyl (C=O) groups excluding carboxylic acids is 1. The maximum atomic E-state index is 13.2. The van der Waals surface area contributed by atoms with E-state index in [4.69, 9.17) is 4.74 Å². The zero-order valence-corrected chi connectivity index (χ0v) is 10.7. The number of ether oxygens (including phenoxy) is 1. The number of hydrogen-bond acceptors (Lipinski definition) is 2. The predicted molar refractivity (Wildman–Crippen MR) is 72.3 cm³/mol. The van der Waals surface area contributed by atoms with Crippen molar-refractivity contribution in [2.75, 3.05) is 0 Å². The minimum absolute atomic E-state index is 0.262. The maximum absolute atomic E-state index is 13.2. The van der Waals surface area contributed by atoms with Gasteiger partial charge in [-0.1, -0.05) is 25.5 Å². The summed E-state index contributed by atoms with van der Waals surface area (Å²) in [5.41, 5.74) is 1.50. The number of aldehydes is 1. The molecular formula is C16H15FO2. The molecule has 2 nitrogen and oxygen atoms in total. The lowest BCUT2D eigenvalue weighted by Crippen LogP contribution is -1.90. The Hall–Kier alpha value is -2.16. The van der Waals surface area contributed by atoms with Crippen LogP contribution in [0.1, 0.15) is 29.3 Å². The molecule has 98 valence electrons. The van der Waals surface area contributed by atoms with Crippen LogP contribution in [0.15, 0.2) is 42.5 Å². The summed E-state index contributed by atoms with van der Waals surface area (Å²) in [4.78, 5) is 10.7. The molecule has 0 bridgehead atoms. The fraction of sp³-hybridized carbons (Fsp3) is 0.188. The van der Waals surface area contributed by atoms with Crippen LogP contribution in [0.5, 0.6) is 11.5 Å². The first kappa shape index (κ1) is 13.3. The molecule has 2 rings (SSSR count). The van der Waals surface area contributed by atoms with E-state index in [1.165, 1.54) is 23.8 Å². The van der Waals surface area contributed by atoms with Crippen molar-refractivity contribution in [3.05, 3.63) is 59.4 Å². The second-order valence-corrected chi connectivity index (χ2v) is 4.33.